The maximum atomic E-state index is 13.1. The topological polar surface area (TPSA) is 143 Å². The Morgan fingerprint density at radius 3 is 2.69 bits per heavy atom. The molecule has 32 heavy (non-hydrogen) atoms. The molecule has 2 atom stereocenters. The smallest absolute Gasteiger partial charge is 0.247 e. The van der Waals surface area contributed by atoms with Gasteiger partial charge in [-0.3, -0.25) is 4.79 Å². The molecular weight excluding hydrogens is 454 g/mol. The van der Waals surface area contributed by atoms with Crippen LogP contribution in [0, 0.1) is 11.3 Å². The number of sulfone groups is 1. The molecule has 2 N–H and O–H groups in total. The van der Waals surface area contributed by atoms with Gasteiger partial charge >= 0.3 is 0 Å². The van der Waals surface area contributed by atoms with Crippen LogP contribution in [0.1, 0.15) is 24.3 Å². The fourth-order valence-electron chi connectivity index (χ4n) is 3.36. The van der Waals surface area contributed by atoms with Gasteiger partial charge in [0.05, 0.1) is 35.0 Å². The first-order valence-electron chi connectivity index (χ1n) is 9.61. The lowest BCUT2D eigenvalue weighted by atomic mass is 10.1. The molecule has 1 aliphatic rings. The number of benzene rings is 2. The Morgan fingerprint density at radius 1 is 1.28 bits per heavy atom. The van der Waals surface area contributed by atoms with Crippen LogP contribution in [0.15, 0.2) is 51.8 Å². The fraction of sp³-hybridized carbons (Fsp3) is 0.238. The molecule has 0 bridgehead atoms. The van der Waals surface area contributed by atoms with Crippen molar-refractivity contribution in [3.63, 3.8) is 0 Å². The molecule has 164 valence electrons. The van der Waals surface area contributed by atoms with Gasteiger partial charge in [-0.05, 0) is 42.8 Å². The number of nitriles is 1. The number of nitrogens with zero attached hydrogens (tertiary/aromatic N) is 4. The Hall–Kier alpha value is -3.26. The normalized spacial score (nSPS) is 18.5. The van der Waals surface area contributed by atoms with Crippen molar-refractivity contribution >= 4 is 33.0 Å². The molecule has 1 aromatic heterocycles. The molecule has 1 aliphatic heterocycles. The van der Waals surface area contributed by atoms with Crippen LogP contribution in [0.2, 0.25) is 5.02 Å². The van der Waals surface area contributed by atoms with Gasteiger partial charge in [-0.15, -0.1) is 10.2 Å². The van der Waals surface area contributed by atoms with Gasteiger partial charge in [0, 0.05) is 10.6 Å². The molecule has 4 rings (SSSR count). The molecule has 11 heteroatoms. The Balaban J connectivity index is 1.83. The molecule has 3 aromatic rings. The lowest BCUT2D eigenvalue weighted by molar-refractivity contribution is -0.119. The average Bonchev–Trinajstić information content (AvgIpc) is 3.25. The number of halogens is 1. The van der Waals surface area contributed by atoms with Gasteiger partial charge in [-0.1, -0.05) is 23.7 Å². The number of amides is 1. The Labute approximate surface area is 189 Å². The van der Waals surface area contributed by atoms with Crippen molar-refractivity contribution in [1.82, 2.24) is 10.2 Å². The number of anilines is 1. The first-order valence-corrected chi connectivity index (χ1v) is 11.6. The second-order valence-corrected chi connectivity index (χ2v) is 9.86. The predicted octanol–water partition coefficient (Wildman–Crippen LogP) is 2.66. The van der Waals surface area contributed by atoms with Gasteiger partial charge in [-0.2, -0.15) is 5.26 Å². The Morgan fingerprint density at radius 2 is 2.00 bits per heavy atom. The molecule has 9 nitrogen and oxygen atoms in total. The van der Waals surface area contributed by atoms with Gasteiger partial charge in [0.2, 0.25) is 17.7 Å². The molecular formula is C21H18ClN5O4S. The lowest BCUT2D eigenvalue weighted by Crippen LogP contribution is -2.45. The van der Waals surface area contributed by atoms with Crippen molar-refractivity contribution in [2.45, 2.75) is 30.3 Å². The summed E-state index contributed by atoms with van der Waals surface area (Å²) in [6.07, 6.45) is 0. The highest BCUT2D eigenvalue weighted by atomic mass is 35.5. The largest absolute Gasteiger partial charge is 0.419 e. The number of aromatic nitrogens is 2. The molecule has 2 aromatic carbocycles. The third-order valence-electron chi connectivity index (χ3n) is 5.07. The van der Waals surface area contributed by atoms with E-state index in [1.54, 1.807) is 31.2 Å². The van der Waals surface area contributed by atoms with Crippen molar-refractivity contribution in [3.05, 3.63) is 58.9 Å². The summed E-state index contributed by atoms with van der Waals surface area (Å²) in [5.41, 5.74) is 7.26. The van der Waals surface area contributed by atoms with E-state index >= 15 is 0 Å². The third-order valence-corrected chi connectivity index (χ3v) is 7.14. The van der Waals surface area contributed by atoms with E-state index in [9.17, 15) is 13.2 Å². The summed E-state index contributed by atoms with van der Waals surface area (Å²) in [7, 11) is -3.82. The zero-order chi connectivity index (χ0) is 23.0. The third kappa shape index (κ3) is 4.10. The molecule has 0 aliphatic carbocycles. The molecule has 2 heterocycles. The predicted molar refractivity (Wildman–Crippen MR) is 116 cm³/mol. The summed E-state index contributed by atoms with van der Waals surface area (Å²) in [6, 6.07) is 12.1. The molecule has 0 saturated carbocycles. The summed E-state index contributed by atoms with van der Waals surface area (Å²) < 4.78 is 31.4. The van der Waals surface area contributed by atoms with Crippen LogP contribution in [0.4, 0.5) is 5.69 Å². The molecule has 0 saturated heterocycles. The van der Waals surface area contributed by atoms with Gasteiger partial charge in [0.1, 0.15) is 5.92 Å². The van der Waals surface area contributed by atoms with E-state index in [1.165, 1.54) is 23.1 Å². The van der Waals surface area contributed by atoms with Crippen LogP contribution in [-0.4, -0.2) is 36.3 Å². The highest BCUT2D eigenvalue weighted by Gasteiger charge is 2.36. The van der Waals surface area contributed by atoms with Gasteiger partial charge in [0.25, 0.3) is 0 Å². The Kier molecular flexibility index (Phi) is 5.73. The van der Waals surface area contributed by atoms with E-state index in [0.29, 0.717) is 10.6 Å². The van der Waals surface area contributed by atoms with Crippen molar-refractivity contribution in [2.24, 2.45) is 5.73 Å². The van der Waals surface area contributed by atoms with Crippen molar-refractivity contribution < 1.29 is 17.6 Å². The van der Waals surface area contributed by atoms with Crippen LogP contribution in [0.5, 0.6) is 0 Å². The number of nitrogens with two attached hydrogens (primary N) is 1. The number of carbonyl (C=O) groups excluding carboxylic acids is 1. The van der Waals surface area contributed by atoms with Crippen LogP contribution in [0.3, 0.4) is 0 Å². The lowest BCUT2D eigenvalue weighted by Gasteiger charge is -2.24. The van der Waals surface area contributed by atoms with E-state index in [2.05, 4.69) is 10.2 Å². The van der Waals surface area contributed by atoms with Crippen molar-refractivity contribution in [1.29, 1.82) is 5.26 Å². The summed E-state index contributed by atoms with van der Waals surface area (Å²) >= 11 is 5.95. The summed E-state index contributed by atoms with van der Waals surface area (Å²) in [5, 5.41) is 17.4. The first-order chi connectivity index (χ1) is 15.2. The zero-order valence-electron chi connectivity index (χ0n) is 16.9. The quantitative estimate of drug-likeness (QED) is 0.611. The SMILES string of the molecule is CC(C#N)c1nnc(-c2ccc3c(c2)N(Cc2ccc(Cl)cc2)C(=O)[C@@H](N)CS3(=O)=O)o1. The van der Waals surface area contributed by atoms with Crippen LogP contribution < -0.4 is 10.6 Å². The zero-order valence-corrected chi connectivity index (χ0v) is 18.5. The van der Waals surface area contributed by atoms with E-state index in [1.807, 2.05) is 6.07 Å². The second-order valence-electron chi connectivity index (χ2n) is 7.42. The van der Waals surface area contributed by atoms with E-state index < -0.39 is 33.5 Å². The number of hydrogen-bond donors (Lipinski definition) is 1. The molecule has 0 fully saturated rings. The monoisotopic (exact) mass is 471 g/mol. The minimum absolute atomic E-state index is 0.0124. The highest BCUT2D eigenvalue weighted by molar-refractivity contribution is 7.91. The van der Waals surface area contributed by atoms with E-state index in [0.717, 1.165) is 5.56 Å². The van der Waals surface area contributed by atoms with E-state index in [-0.39, 0.29) is 28.9 Å². The van der Waals surface area contributed by atoms with Gasteiger partial charge in [0.15, 0.2) is 9.84 Å². The molecule has 1 unspecified atom stereocenters. The minimum Gasteiger partial charge on any atom is -0.419 e. The van der Waals surface area contributed by atoms with Crippen LogP contribution in [0.25, 0.3) is 11.5 Å². The van der Waals surface area contributed by atoms with Crippen LogP contribution >= 0.6 is 11.6 Å². The average molecular weight is 472 g/mol. The van der Waals surface area contributed by atoms with Crippen molar-refractivity contribution in [2.75, 3.05) is 10.7 Å². The summed E-state index contributed by atoms with van der Waals surface area (Å²) in [4.78, 5) is 14.4. The summed E-state index contributed by atoms with van der Waals surface area (Å²) in [6.45, 7) is 1.71. The molecule has 0 radical (unpaired) electrons. The van der Waals surface area contributed by atoms with Gasteiger partial charge in [-0.25, -0.2) is 8.42 Å². The molecule has 0 spiro atoms. The highest BCUT2D eigenvalue weighted by Crippen LogP contribution is 2.35. The van der Waals surface area contributed by atoms with Crippen molar-refractivity contribution in [3.8, 4) is 17.5 Å². The number of carbonyl (C=O) groups is 1. The number of rotatable bonds is 4. The number of fused-ring (bicyclic) bond motifs is 1. The minimum atomic E-state index is -3.82. The maximum Gasteiger partial charge on any atom is 0.247 e. The molecule has 1 amide bonds. The van der Waals surface area contributed by atoms with E-state index in [4.69, 9.17) is 27.0 Å². The summed E-state index contributed by atoms with van der Waals surface area (Å²) in [5.74, 6) is -1.38. The number of hydrogen-bond acceptors (Lipinski definition) is 8. The maximum absolute atomic E-state index is 13.1. The Bertz CT molecular complexity index is 1330. The van der Waals surface area contributed by atoms with Crippen LogP contribution in [-0.2, 0) is 21.2 Å². The van der Waals surface area contributed by atoms with Gasteiger partial charge < -0.3 is 15.1 Å². The second kappa shape index (κ2) is 8.35. The first kappa shape index (κ1) is 22.0. The fourth-order valence-corrected chi connectivity index (χ4v) is 5.04. The standard InChI is InChI=1S/C21H18ClN5O4S/c1-12(9-23)19-25-26-20(31-19)14-4-7-18-17(8-14)27(10-13-2-5-15(22)6-3-13)21(28)16(24)11-32(18,29)30/h2-8,12,16H,10-11,24H2,1H3/t12?,16-/m0/s1.